The van der Waals surface area contributed by atoms with Gasteiger partial charge < -0.3 is 9.47 Å². The third-order valence-corrected chi connectivity index (χ3v) is 12.2. The molecule has 0 N–H and O–H groups in total. The molecule has 2 nitrogen and oxygen atoms in total. The van der Waals surface area contributed by atoms with Gasteiger partial charge in [0.2, 0.25) is 0 Å². The first-order valence-corrected chi connectivity index (χ1v) is 19.1. The second-order valence-electron chi connectivity index (χ2n) is 14.8. The second kappa shape index (κ2) is 11.4. The Hall–Kier alpha value is -7.16. The van der Waals surface area contributed by atoms with Crippen LogP contribution in [0.1, 0.15) is 22.3 Å². The van der Waals surface area contributed by atoms with Crippen molar-refractivity contribution in [2.24, 2.45) is 0 Å². The molecule has 0 fully saturated rings. The van der Waals surface area contributed by atoms with Crippen LogP contribution in [0.5, 0.6) is 0 Å². The Morgan fingerprint density at radius 1 is 0.345 bits per heavy atom. The van der Waals surface area contributed by atoms with E-state index in [1.165, 1.54) is 77.1 Å². The molecule has 9 aromatic carbocycles. The predicted octanol–water partition coefficient (Wildman–Crippen LogP) is 13.8. The number of rotatable bonds is 4. The van der Waals surface area contributed by atoms with Crippen LogP contribution in [-0.2, 0) is 5.41 Å². The Bertz CT molecular complexity index is 3100. The number of hydrogen-bond acceptors (Lipinski definition) is 1. The maximum absolute atomic E-state index is 2.49. The fourth-order valence-corrected chi connectivity index (χ4v) is 10.0. The van der Waals surface area contributed by atoms with Gasteiger partial charge in [-0.1, -0.05) is 152 Å². The minimum Gasteiger partial charge on any atom is -0.310 e. The van der Waals surface area contributed by atoms with E-state index in [0.29, 0.717) is 0 Å². The lowest BCUT2D eigenvalue weighted by Gasteiger charge is -2.40. The van der Waals surface area contributed by atoms with Crippen molar-refractivity contribution in [3.63, 3.8) is 0 Å². The van der Waals surface area contributed by atoms with Gasteiger partial charge in [-0.05, 0) is 110 Å². The molecule has 0 unspecified atom stereocenters. The lowest BCUT2D eigenvalue weighted by atomic mass is 9.61. The van der Waals surface area contributed by atoms with E-state index in [1.807, 2.05) is 0 Å². The second-order valence-corrected chi connectivity index (χ2v) is 14.8. The molecule has 0 saturated heterocycles. The molecule has 0 amide bonds. The van der Waals surface area contributed by atoms with E-state index in [-0.39, 0.29) is 0 Å². The van der Waals surface area contributed by atoms with Gasteiger partial charge in [-0.3, -0.25) is 0 Å². The molecule has 2 heteroatoms. The van der Waals surface area contributed by atoms with E-state index in [9.17, 15) is 0 Å². The molecule has 10 aromatic rings. The van der Waals surface area contributed by atoms with E-state index < -0.39 is 5.41 Å². The zero-order valence-corrected chi connectivity index (χ0v) is 30.0. The summed E-state index contributed by atoms with van der Waals surface area (Å²) in [7, 11) is 0. The Morgan fingerprint density at radius 2 is 0.909 bits per heavy atom. The summed E-state index contributed by atoms with van der Waals surface area (Å²) >= 11 is 0. The smallest absolute Gasteiger partial charge is 0.0726 e. The van der Waals surface area contributed by atoms with Crippen LogP contribution in [0, 0.1) is 0 Å². The Labute approximate surface area is 319 Å². The van der Waals surface area contributed by atoms with E-state index in [1.54, 1.807) is 0 Å². The van der Waals surface area contributed by atoms with Crippen molar-refractivity contribution in [3.8, 4) is 27.9 Å². The molecule has 1 heterocycles. The highest BCUT2D eigenvalue weighted by atomic mass is 15.1. The van der Waals surface area contributed by atoms with Crippen molar-refractivity contribution in [2.45, 2.75) is 5.41 Å². The average molecular weight is 699 g/mol. The Balaban J connectivity index is 1.17. The summed E-state index contributed by atoms with van der Waals surface area (Å²) in [6, 6.07) is 76.3. The maximum Gasteiger partial charge on any atom is 0.0726 e. The number of anilines is 3. The molecule has 1 aromatic heterocycles. The number of aromatic nitrogens is 1. The summed E-state index contributed by atoms with van der Waals surface area (Å²) in [5.41, 5.74) is 16.9. The van der Waals surface area contributed by atoms with Crippen molar-refractivity contribution in [3.05, 3.63) is 229 Å². The molecule has 2 aliphatic carbocycles. The third-order valence-electron chi connectivity index (χ3n) is 12.2. The van der Waals surface area contributed by atoms with Crippen LogP contribution in [0.2, 0.25) is 0 Å². The highest BCUT2D eigenvalue weighted by molar-refractivity contribution is 6.11. The molecule has 0 saturated carbocycles. The van der Waals surface area contributed by atoms with E-state index in [2.05, 4.69) is 216 Å². The summed E-state index contributed by atoms with van der Waals surface area (Å²) in [5, 5.41) is 5.11. The maximum atomic E-state index is 2.49. The minimum atomic E-state index is -0.488. The summed E-state index contributed by atoms with van der Waals surface area (Å²) in [5.74, 6) is 0. The summed E-state index contributed by atoms with van der Waals surface area (Å²) in [6.07, 6.45) is 0. The fourth-order valence-electron chi connectivity index (χ4n) is 10.0. The lowest BCUT2D eigenvalue weighted by Crippen LogP contribution is -2.32. The molecule has 2 aliphatic rings. The zero-order valence-electron chi connectivity index (χ0n) is 30.0. The van der Waals surface area contributed by atoms with Gasteiger partial charge in [-0.15, -0.1) is 0 Å². The molecule has 12 rings (SSSR count). The minimum absolute atomic E-state index is 0.488. The molecule has 0 radical (unpaired) electrons. The predicted molar refractivity (Wildman–Crippen MR) is 229 cm³/mol. The van der Waals surface area contributed by atoms with Gasteiger partial charge in [0.1, 0.15) is 0 Å². The van der Waals surface area contributed by atoms with Crippen LogP contribution in [0.3, 0.4) is 0 Å². The monoisotopic (exact) mass is 698 g/mol. The van der Waals surface area contributed by atoms with Crippen LogP contribution >= 0.6 is 0 Å². The van der Waals surface area contributed by atoms with Crippen molar-refractivity contribution in [1.82, 2.24) is 4.57 Å². The molecule has 1 spiro atoms. The number of para-hydroxylation sites is 3. The van der Waals surface area contributed by atoms with Crippen LogP contribution in [0.4, 0.5) is 17.1 Å². The zero-order chi connectivity index (χ0) is 36.1. The average Bonchev–Trinajstić information content (AvgIpc) is 3.74. The number of nitrogens with zero attached hydrogens (tertiary/aromatic N) is 2. The van der Waals surface area contributed by atoms with Crippen molar-refractivity contribution in [1.29, 1.82) is 0 Å². The quantitative estimate of drug-likeness (QED) is 0.178. The molecule has 256 valence electrons. The van der Waals surface area contributed by atoms with Gasteiger partial charge in [0.05, 0.1) is 16.4 Å². The summed E-state index contributed by atoms with van der Waals surface area (Å²) < 4.78 is 2.41. The first-order valence-electron chi connectivity index (χ1n) is 19.1. The standard InChI is InChI=1S/C53H34N2/c1-3-17-36(18-4-1)54(39-30-32-44-43-23-9-12-28-50(43)55(51(44)34-39)37-19-5-2-6-20-37)38-29-31-42-45-24-13-15-35-16-14-27-48(52(35)45)53(49(42)33-38)46-25-10-7-21-40(46)41-22-8-11-26-47(41)53/h1-34H. The van der Waals surface area contributed by atoms with Gasteiger partial charge in [-0.2, -0.15) is 0 Å². The van der Waals surface area contributed by atoms with E-state index in [0.717, 1.165) is 22.7 Å². The highest BCUT2D eigenvalue weighted by Crippen LogP contribution is 2.62. The molecule has 0 aliphatic heterocycles. The van der Waals surface area contributed by atoms with Crippen molar-refractivity contribution in [2.75, 3.05) is 4.90 Å². The SMILES string of the molecule is c1ccc(N(c2ccc3c(c2)C2(c4ccccc4-c4ccccc42)c2cccc4cccc-3c24)c2ccc3c4ccccc4n(-c4ccccc4)c3c2)cc1. The topological polar surface area (TPSA) is 8.17 Å². The molecular formula is C53H34N2. The van der Waals surface area contributed by atoms with Crippen molar-refractivity contribution >= 4 is 49.6 Å². The van der Waals surface area contributed by atoms with Crippen molar-refractivity contribution < 1.29 is 0 Å². The molecule has 0 atom stereocenters. The van der Waals surface area contributed by atoms with Gasteiger partial charge in [0, 0.05) is 33.5 Å². The third kappa shape index (κ3) is 4.08. The van der Waals surface area contributed by atoms with Gasteiger partial charge in [-0.25, -0.2) is 0 Å². The first-order chi connectivity index (χ1) is 27.3. The first kappa shape index (κ1) is 30.3. The van der Waals surface area contributed by atoms with Gasteiger partial charge >= 0.3 is 0 Å². The van der Waals surface area contributed by atoms with Crippen LogP contribution in [0.25, 0.3) is 60.5 Å². The normalized spacial score (nSPS) is 13.2. The lowest BCUT2D eigenvalue weighted by molar-refractivity contribution is 0.773. The van der Waals surface area contributed by atoms with Gasteiger partial charge in [0.25, 0.3) is 0 Å². The largest absolute Gasteiger partial charge is 0.310 e. The fraction of sp³-hybridized carbons (Fsp3) is 0.0189. The van der Waals surface area contributed by atoms with Gasteiger partial charge in [0.15, 0.2) is 0 Å². The number of benzene rings is 9. The number of hydrogen-bond donors (Lipinski definition) is 0. The van der Waals surface area contributed by atoms with Crippen LogP contribution in [-0.4, -0.2) is 4.57 Å². The summed E-state index contributed by atoms with van der Waals surface area (Å²) in [4.78, 5) is 2.44. The highest BCUT2D eigenvalue weighted by Gasteiger charge is 2.50. The van der Waals surface area contributed by atoms with E-state index in [4.69, 9.17) is 0 Å². The van der Waals surface area contributed by atoms with Crippen LogP contribution < -0.4 is 4.90 Å². The Kier molecular flexibility index (Phi) is 6.29. The number of fused-ring (bicyclic) bond motifs is 12. The molecule has 0 bridgehead atoms. The summed E-state index contributed by atoms with van der Waals surface area (Å²) in [6.45, 7) is 0. The molecule has 55 heavy (non-hydrogen) atoms. The molecular weight excluding hydrogens is 665 g/mol. The Morgan fingerprint density at radius 3 is 1.69 bits per heavy atom. The van der Waals surface area contributed by atoms with E-state index >= 15 is 0 Å². The van der Waals surface area contributed by atoms with Crippen LogP contribution in [0.15, 0.2) is 206 Å².